The van der Waals surface area contributed by atoms with E-state index in [0.29, 0.717) is 24.5 Å². The van der Waals surface area contributed by atoms with Crippen LogP contribution in [0.25, 0.3) is 0 Å². The summed E-state index contributed by atoms with van der Waals surface area (Å²) in [4.78, 5) is 13.7. The van der Waals surface area contributed by atoms with Crippen molar-refractivity contribution in [2.24, 2.45) is 5.41 Å². The van der Waals surface area contributed by atoms with E-state index in [-0.39, 0.29) is 5.97 Å². The first-order chi connectivity index (χ1) is 6.94. The van der Waals surface area contributed by atoms with Gasteiger partial charge in [0.05, 0.1) is 13.0 Å². The molecule has 3 heteroatoms. The van der Waals surface area contributed by atoms with Gasteiger partial charge in [-0.2, -0.15) is 0 Å². The molecule has 1 fully saturated rings. The second-order valence-electron chi connectivity index (χ2n) is 5.24. The summed E-state index contributed by atoms with van der Waals surface area (Å²) in [6.45, 7) is 11.2. The minimum atomic E-state index is -0.0743. The smallest absolute Gasteiger partial charge is 0.307 e. The zero-order chi connectivity index (χ0) is 11.5. The highest BCUT2D eigenvalue weighted by molar-refractivity contribution is 5.70. The van der Waals surface area contributed by atoms with E-state index >= 15 is 0 Å². The topological polar surface area (TPSA) is 29.5 Å². The van der Waals surface area contributed by atoms with Crippen LogP contribution in [-0.2, 0) is 9.53 Å². The van der Waals surface area contributed by atoms with E-state index in [0.717, 1.165) is 13.1 Å². The molecule has 1 aliphatic heterocycles. The number of hydrogen-bond acceptors (Lipinski definition) is 3. The number of likely N-dealkylation sites (tertiary alicyclic amines) is 1. The SMILES string of the molecule is CCOC(=O)CC(C)N1CCC(C)(C)C1. The van der Waals surface area contributed by atoms with Crippen molar-refractivity contribution in [1.82, 2.24) is 4.90 Å². The Hall–Kier alpha value is -0.570. The van der Waals surface area contributed by atoms with Gasteiger partial charge >= 0.3 is 5.97 Å². The number of nitrogens with zero attached hydrogens (tertiary/aromatic N) is 1. The highest BCUT2D eigenvalue weighted by Gasteiger charge is 2.32. The van der Waals surface area contributed by atoms with Crippen molar-refractivity contribution in [2.45, 2.75) is 46.6 Å². The molecule has 0 aliphatic carbocycles. The van der Waals surface area contributed by atoms with E-state index < -0.39 is 0 Å². The van der Waals surface area contributed by atoms with E-state index in [9.17, 15) is 4.79 Å². The zero-order valence-corrected chi connectivity index (χ0v) is 10.4. The Kier molecular flexibility index (Phi) is 4.14. The Labute approximate surface area is 92.8 Å². The molecule has 15 heavy (non-hydrogen) atoms. The molecule has 3 nitrogen and oxygen atoms in total. The van der Waals surface area contributed by atoms with Crippen LogP contribution in [0.4, 0.5) is 0 Å². The minimum Gasteiger partial charge on any atom is -0.466 e. The van der Waals surface area contributed by atoms with Gasteiger partial charge in [-0.05, 0) is 32.2 Å². The Balaban J connectivity index is 2.35. The molecule has 1 aliphatic rings. The lowest BCUT2D eigenvalue weighted by Crippen LogP contribution is -2.34. The summed E-state index contributed by atoms with van der Waals surface area (Å²) in [5, 5.41) is 0. The lowest BCUT2D eigenvalue weighted by atomic mass is 9.93. The highest BCUT2D eigenvalue weighted by Crippen LogP contribution is 2.30. The van der Waals surface area contributed by atoms with Crippen molar-refractivity contribution in [3.05, 3.63) is 0 Å². The largest absolute Gasteiger partial charge is 0.466 e. The molecule has 0 aromatic carbocycles. The molecule has 88 valence electrons. The van der Waals surface area contributed by atoms with Crippen LogP contribution in [0.5, 0.6) is 0 Å². The van der Waals surface area contributed by atoms with Crippen LogP contribution in [0.2, 0.25) is 0 Å². The fourth-order valence-electron chi connectivity index (χ4n) is 2.12. The number of esters is 1. The van der Waals surface area contributed by atoms with Gasteiger partial charge < -0.3 is 4.74 Å². The fourth-order valence-corrected chi connectivity index (χ4v) is 2.12. The summed E-state index contributed by atoms with van der Waals surface area (Å²) in [7, 11) is 0. The number of ether oxygens (including phenoxy) is 1. The van der Waals surface area contributed by atoms with Gasteiger partial charge in [0.15, 0.2) is 0 Å². The first kappa shape index (κ1) is 12.5. The molecule has 0 bridgehead atoms. The third kappa shape index (κ3) is 3.82. The lowest BCUT2D eigenvalue weighted by Gasteiger charge is -2.25. The second kappa shape index (κ2) is 4.97. The van der Waals surface area contributed by atoms with Crippen LogP contribution in [0.3, 0.4) is 0 Å². The summed E-state index contributed by atoms with van der Waals surface area (Å²) in [6, 6.07) is 0.311. The maximum absolute atomic E-state index is 11.3. The third-order valence-corrected chi connectivity index (χ3v) is 3.10. The van der Waals surface area contributed by atoms with Crippen molar-refractivity contribution < 1.29 is 9.53 Å². The molecular weight excluding hydrogens is 190 g/mol. The van der Waals surface area contributed by atoms with Crippen LogP contribution in [-0.4, -0.2) is 36.6 Å². The highest BCUT2D eigenvalue weighted by atomic mass is 16.5. The molecule has 1 heterocycles. The average Bonchev–Trinajstić information content (AvgIpc) is 2.46. The molecule has 1 unspecified atom stereocenters. The molecule has 0 saturated carbocycles. The van der Waals surface area contributed by atoms with Crippen LogP contribution < -0.4 is 0 Å². The maximum atomic E-state index is 11.3. The van der Waals surface area contributed by atoms with E-state index in [1.54, 1.807) is 0 Å². The van der Waals surface area contributed by atoms with E-state index in [4.69, 9.17) is 4.74 Å². The summed E-state index contributed by atoms with van der Waals surface area (Å²) in [6.07, 6.45) is 1.74. The van der Waals surface area contributed by atoms with Gasteiger partial charge in [0.25, 0.3) is 0 Å². The van der Waals surface area contributed by atoms with Gasteiger partial charge in [0, 0.05) is 12.6 Å². The number of hydrogen-bond donors (Lipinski definition) is 0. The minimum absolute atomic E-state index is 0.0743. The molecular formula is C12H23NO2. The van der Waals surface area contributed by atoms with Crippen molar-refractivity contribution in [3.8, 4) is 0 Å². The monoisotopic (exact) mass is 213 g/mol. The summed E-state index contributed by atoms with van der Waals surface area (Å²) >= 11 is 0. The van der Waals surface area contributed by atoms with Gasteiger partial charge in [-0.3, -0.25) is 9.69 Å². The molecule has 1 atom stereocenters. The van der Waals surface area contributed by atoms with Crippen molar-refractivity contribution >= 4 is 5.97 Å². The normalized spacial score (nSPS) is 22.7. The molecule has 0 N–H and O–H groups in total. The molecule has 1 rings (SSSR count). The molecule has 0 aromatic heterocycles. The Morgan fingerprint density at radius 2 is 2.20 bits per heavy atom. The first-order valence-electron chi connectivity index (χ1n) is 5.84. The van der Waals surface area contributed by atoms with Gasteiger partial charge in [-0.15, -0.1) is 0 Å². The van der Waals surface area contributed by atoms with E-state index in [2.05, 4.69) is 25.7 Å². The number of carbonyl (C=O) groups excluding carboxylic acids is 1. The first-order valence-corrected chi connectivity index (χ1v) is 5.84. The Morgan fingerprint density at radius 3 is 2.67 bits per heavy atom. The fraction of sp³-hybridized carbons (Fsp3) is 0.917. The van der Waals surface area contributed by atoms with Crippen LogP contribution in [0.1, 0.15) is 40.5 Å². The van der Waals surface area contributed by atoms with Crippen molar-refractivity contribution in [3.63, 3.8) is 0 Å². The molecule has 0 radical (unpaired) electrons. The zero-order valence-electron chi connectivity index (χ0n) is 10.4. The molecule has 0 aromatic rings. The van der Waals surface area contributed by atoms with E-state index in [1.165, 1.54) is 6.42 Å². The van der Waals surface area contributed by atoms with Gasteiger partial charge in [0.1, 0.15) is 0 Å². The second-order valence-corrected chi connectivity index (χ2v) is 5.24. The number of rotatable bonds is 4. The van der Waals surface area contributed by atoms with Crippen LogP contribution in [0.15, 0.2) is 0 Å². The third-order valence-electron chi connectivity index (χ3n) is 3.10. The quantitative estimate of drug-likeness (QED) is 0.669. The predicted octanol–water partition coefficient (Wildman–Crippen LogP) is 2.06. The van der Waals surface area contributed by atoms with Crippen LogP contribution >= 0.6 is 0 Å². The summed E-state index contributed by atoms with van der Waals surface area (Å²) < 4.78 is 4.96. The molecule has 0 spiro atoms. The summed E-state index contributed by atoms with van der Waals surface area (Å²) in [5.41, 5.74) is 0.406. The van der Waals surface area contributed by atoms with Gasteiger partial charge in [-0.25, -0.2) is 0 Å². The predicted molar refractivity (Wildman–Crippen MR) is 60.7 cm³/mol. The maximum Gasteiger partial charge on any atom is 0.307 e. The number of carbonyl (C=O) groups is 1. The molecule has 0 amide bonds. The Bertz CT molecular complexity index is 226. The Morgan fingerprint density at radius 1 is 1.53 bits per heavy atom. The standard InChI is InChI=1S/C12H23NO2/c1-5-15-11(14)8-10(2)13-7-6-12(3,4)9-13/h10H,5-9H2,1-4H3. The van der Waals surface area contributed by atoms with Crippen molar-refractivity contribution in [1.29, 1.82) is 0 Å². The van der Waals surface area contributed by atoms with Crippen LogP contribution in [0, 0.1) is 5.41 Å². The van der Waals surface area contributed by atoms with Gasteiger partial charge in [0.2, 0.25) is 0 Å². The van der Waals surface area contributed by atoms with Crippen molar-refractivity contribution in [2.75, 3.05) is 19.7 Å². The van der Waals surface area contributed by atoms with Gasteiger partial charge in [-0.1, -0.05) is 13.8 Å². The molecule has 1 saturated heterocycles. The lowest BCUT2D eigenvalue weighted by molar-refractivity contribution is -0.144. The summed E-state index contributed by atoms with van der Waals surface area (Å²) in [5.74, 6) is -0.0743. The van der Waals surface area contributed by atoms with E-state index in [1.807, 2.05) is 6.92 Å². The average molecular weight is 213 g/mol.